The summed E-state index contributed by atoms with van der Waals surface area (Å²) in [5.41, 5.74) is 9.16. The molecule has 0 saturated carbocycles. The standard InChI is InChI=1S/C13H14N8O3S/c1-7(9-4-3-5-25-9)15-17-13(22)10-8(6-23-2)21(20-16-10)12-11(14)18-24-19-12/h3-5H,6H2,1-2H3,(H2,14,18)(H,17,22). The van der Waals surface area contributed by atoms with Crippen LogP contribution in [0.5, 0.6) is 0 Å². The van der Waals surface area contributed by atoms with Crippen LogP contribution in [-0.2, 0) is 11.3 Å². The first-order valence-corrected chi connectivity index (χ1v) is 7.90. The molecule has 130 valence electrons. The molecule has 0 aliphatic rings. The van der Waals surface area contributed by atoms with Gasteiger partial charge in [-0.15, -0.1) is 16.4 Å². The van der Waals surface area contributed by atoms with Crippen molar-refractivity contribution in [3.8, 4) is 5.82 Å². The van der Waals surface area contributed by atoms with E-state index in [-0.39, 0.29) is 23.9 Å². The number of nitrogen functional groups attached to an aromatic ring is 1. The van der Waals surface area contributed by atoms with E-state index in [0.29, 0.717) is 11.4 Å². The molecule has 0 atom stereocenters. The smallest absolute Gasteiger partial charge is 0.293 e. The van der Waals surface area contributed by atoms with E-state index in [9.17, 15) is 4.79 Å². The van der Waals surface area contributed by atoms with Gasteiger partial charge in [0.05, 0.1) is 12.3 Å². The fourth-order valence-electron chi connectivity index (χ4n) is 1.98. The maximum absolute atomic E-state index is 12.4. The van der Waals surface area contributed by atoms with Crippen molar-refractivity contribution in [2.75, 3.05) is 12.8 Å². The maximum Gasteiger partial charge on any atom is 0.293 e. The number of rotatable bonds is 6. The minimum atomic E-state index is -0.538. The van der Waals surface area contributed by atoms with Crippen molar-refractivity contribution in [3.05, 3.63) is 33.8 Å². The van der Waals surface area contributed by atoms with E-state index in [0.717, 1.165) is 4.88 Å². The van der Waals surface area contributed by atoms with Crippen LogP contribution in [0, 0.1) is 0 Å². The minimum absolute atomic E-state index is 0.0146. The second kappa shape index (κ2) is 7.19. The van der Waals surface area contributed by atoms with Crippen LogP contribution in [0.3, 0.4) is 0 Å². The fraction of sp³-hybridized carbons (Fsp3) is 0.231. The van der Waals surface area contributed by atoms with E-state index in [1.54, 1.807) is 6.92 Å². The fourth-order valence-corrected chi connectivity index (χ4v) is 2.66. The van der Waals surface area contributed by atoms with Gasteiger partial charge >= 0.3 is 0 Å². The average Bonchev–Trinajstić information content (AvgIpc) is 3.33. The van der Waals surface area contributed by atoms with Crippen molar-refractivity contribution in [2.45, 2.75) is 13.5 Å². The van der Waals surface area contributed by atoms with E-state index >= 15 is 0 Å². The summed E-state index contributed by atoms with van der Waals surface area (Å²) in [5.74, 6) is -0.401. The van der Waals surface area contributed by atoms with E-state index in [2.05, 4.69) is 35.8 Å². The monoisotopic (exact) mass is 362 g/mol. The predicted molar refractivity (Wildman–Crippen MR) is 88.3 cm³/mol. The largest absolute Gasteiger partial charge is 0.378 e. The molecule has 25 heavy (non-hydrogen) atoms. The van der Waals surface area contributed by atoms with Crippen LogP contribution in [-0.4, -0.2) is 44.0 Å². The summed E-state index contributed by atoms with van der Waals surface area (Å²) in [6.07, 6.45) is 0. The van der Waals surface area contributed by atoms with E-state index in [4.69, 9.17) is 10.5 Å². The SMILES string of the molecule is COCc1c(C(=O)NN=C(C)c2cccs2)nnn1-c1nonc1N. The molecule has 3 aromatic rings. The van der Waals surface area contributed by atoms with Gasteiger partial charge in [0.1, 0.15) is 5.69 Å². The van der Waals surface area contributed by atoms with E-state index < -0.39 is 5.91 Å². The highest BCUT2D eigenvalue weighted by molar-refractivity contribution is 7.12. The highest BCUT2D eigenvalue weighted by Crippen LogP contribution is 2.16. The summed E-state index contributed by atoms with van der Waals surface area (Å²) >= 11 is 1.52. The number of hydrogen-bond donors (Lipinski definition) is 2. The van der Waals surface area contributed by atoms with Crippen LogP contribution in [0.25, 0.3) is 5.82 Å². The minimum Gasteiger partial charge on any atom is -0.378 e. The van der Waals surface area contributed by atoms with Gasteiger partial charge in [0.25, 0.3) is 5.91 Å². The first-order chi connectivity index (χ1) is 12.1. The van der Waals surface area contributed by atoms with Crippen molar-refractivity contribution >= 4 is 28.8 Å². The summed E-state index contributed by atoms with van der Waals surface area (Å²) in [7, 11) is 1.47. The molecule has 0 unspecified atom stereocenters. The number of nitrogens with two attached hydrogens (primary N) is 1. The number of carbonyl (C=O) groups excluding carboxylic acids is 1. The molecule has 3 N–H and O–H groups in total. The van der Waals surface area contributed by atoms with Gasteiger partial charge in [-0.2, -0.15) is 9.78 Å². The number of aromatic nitrogens is 5. The molecule has 0 spiro atoms. The Morgan fingerprint density at radius 2 is 2.36 bits per heavy atom. The number of hydrogen-bond acceptors (Lipinski definition) is 10. The van der Waals surface area contributed by atoms with Crippen LogP contribution in [0.2, 0.25) is 0 Å². The Kier molecular flexibility index (Phi) is 4.81. The van der Waals surface area contributed by atoms with Crippen LogP contribution in [0.4, 0.5) is 5.82 Å². The molecule has 3 rings (SSSR count). The van der Waals surface area contributed by atoms with Gasteiger partial charge in [0.2, 0.25) is 11.6 Å². The molecule has 0 saturated heterocycles. The molecule has 1 amide bonds. The lowest BCUT2D eigenvalue weighted by Crippen LogP contribution is -2.21. The highest BCUT2D eigenvalue weighted by atomic mass is 32.1. The Hall–Kier alpha value is -3.12. The summed E-state index contributed by atoms with van der Waals surface area (Å²) in [5, 5.41) is 20.9. The number of ether oxygens (including phenoxy) is 1. The maximum atomic E-state index is 12.4. The molecule has 0 aliphatic heterocycles. The second-order valence-corrected chi connectivity index (χ2v) is 5.77. The van der Waals surface area contributed by atoms with Gasteiger partial charge in [0, 0.05) is 12.0 Å². The molecular formula is C13H14N8O3S. The zero-order chi connectivity index (χ0) is 17.8. The lowest BCUT2D eigenvalue weighted by molar-refractivity contribution is 0.0944. The number of hydrazone groups is 1. The van der Waals surface area contributed by atoms with Gasteiger partial charge < -0.3 is 10.5 Å². The first kappa shape index (κ1) is 16.7. The molecule has 3 aromatic heterocycles. The van der Waals surface area contributed by atoms with Crippen LogP contribution in [0.15, 0.2) is 27.2 Å². The molecule has 0 bridgehead atoms. The Labute approximate surface area is 145 Å². The lowest BCUT2D eigenvalue weighted by Gasteiger charge is -2.04. The van der Waals surface area contributed by atoms with Crippen molar-refractivity contribution in [2.24, 2.45) is 5.10 Å². The topological polar surface area (TPSA) is 146 Å². The van der Waals surface area contributed by atoms with E-state index in [1.807, 2.05) is 17.5 Å². The molecule has 0 fully saturated rings. The highest BCUT2D eigenvalue weighted by Gasteiger charge is 2.23. The molecular weight excluding hydrogens is 348 g/mol. The number of thiophene rings is 1. The first-order valence-electron chi connectivity index (χ1n) is 7.02. The number of carbonyl (C=O) groups is 1. The predicted octanol–water partition coefficient (Wildman–Crippen LogP) is 0.594. The molecule has 3 heterocycles. The average molecular weight is 362 g/mol. The lowest BCUT2D eigenvalue weighted by atomic mass is 10.3. The summed E-state index contributed by atoms with van der Waals surface area (Å²) in [6.45, 7) is 1.84. The van der Waals surface area contributed by atoms with Gasteiger partial charge in [-0.1, -0.05) is 11.3 Å². The van der Waals surface area contributed by atoms with Crippen molar-refractivity contribution < 1.29 is 14.2 Å². The Bertz CT molecular complexity index is 898. The van der Waals surface area contributed by atoms with Crippen molar-refractivity contribution in [1.29, 1.82) is 0 Å². The van der Waals surface area contributed by atoms with Gasteiger partial charge in [-0.3, -0.25) is 4.79 Å². The van der Waals surface area contributed by atoms with Crippen LogP contribution >= 0.6 is 11.3 Å². The van der Waals surface area contributed by atoms with E-state index in [1.165, 1.54) is 23.1 Å². The van der Waals surface area contributed by atoms with Crippen molar-refractivity contribution in [1.82, 2.24) is 30.7 Å². The summed E-state index contributed by atoms with van der Waals surface area (Å²) in [4.78, 5) is 13.4. The van der Waals surface area contributed by atoms with Crippen molar-refractivity contribution in [3.63, 3.8) is 0 Å². The molecule has 0 aromatic carbocycles. The Morgan fingerprint density at radius 3 is 3.00 bits per heavy atom. The van der Waals surface area contributed by atoms with Gasteiger partial charge in [0.15, 0.2) is 5.69 Å². The molecule has 12 heteroatoms. The molecule has 0 aliphatic carbocycles. The number of nitrogens with one attached hydrogen (secondary N) is 1. The number of anilines is 1. The zero-order valence-electron chi connectivity index (χ0n) is 13.3. The Balaban J connectivity index is 1.86. The van der Waals surface area contributed by atoms with Gasteiger partial charge in [-0.25, -0.2) is 10.1 Å². The third-order valence-electron chi connectivity index (χ3n) is 3.16. The van der Waals surface area contributed by atoms with Gasteiger partial charge in [-0.05, 0) is 28.7 Å². The quantitative estimate of drug-likeness (QED) is 0.478. The molecule has 11 nitrogen and oxygen atoms in total. The second-order valence-electron chi connectivity index (χ2n) is 4.82. The van der Waals surface area contributed by atoms with Crippen LogP contribution in [0.1, 0.15) is 28.0 Å². The summed E-state index contributed by atoms with van der Waals surface area (Å²) < 4.78 is 10.9. The van der Waals surface area contributed by atoms with Crippen LogP contribution < -0.4 is 11.2 Å². The number of amides is 1. The number of nitrogens with zero attached hydrogens (tertiary/aromatic N) is 6. The third-order valence-corrected chi connectivity index (χ3v) is 4.14. The Morgan fingerprint density at radius 1 is 1.52 bits per heavy atom. The third kappa shape index (κ3) is 3.39. The summed E-state index contributed by atoms with van der Waals surface area (Å²) in [6, 6.07) is 3.81. The zero-order valence-corrected chi connectivity index (χ0v) is 14.1. The molecule has 0 radical (unpaired) electrons. The number of methoxy groups -OCH3 is 1. The normalized spacial score (nSPS) is 11.7.